The highest BCUT2D eigenvalue weighted by molar-refractivity contribution is 5.94. The van der Waals surface area contributed by atoms with Crippen molar-refractivity contribution in [1.82, 2.24) is 20.9 Å². The second kappa shape index (κ2) is 12.7. The lowest BCUT2D eigenvalue weighted by molar-refractivity contribution is -0.139. The Morgan fingerprint density at radius 2 is 1.95 bits per heavy atom. The zero-order valence-corrected chi connectivity index (χ0v) is 21.9. The van der Waals surface area contributed by atoms with E-state index in [2.05, 4.69) is 31.2 Å². The molecule has 4 unspecified atom stereocenters. The molecule has 0 aliphatic carbocycles. The van der Waals surface area contributed by atoms with Crippen molar-refractivity contribution >= 4 is 34.4 Å². The van der Waals surface area contributed by atoms with Crippen molar-refractivity contribution in [3.8, 4) is 11.5 Å². The second-order valence-corrected chi connectivity index (χ2v) is 9.73. The molecule has 3 aromatic rings. The van der Waals surface area contributed by atoms with Crippen LogP contribution in [-0.4, -0.2) is 80.1 Å². The van der Waals surface area contributed by atoms with Crippen LogP contribution in [0.4, 0.5) is 5.69 Å². The van der Waals surface area contributed by atoms with Crippen LogP contribution in [0.5, 0.6) is 11.5 Å². The molecule has 13 heteroatoms. The number of hydrogen-bond acceptors (Lipinski definition) is 10. The van der Waals surface area contributed by atoms with Crippen LogP contribution in [0.25, 0.3) is 10.9 Å². The number of carboxylic acids is 1. The van der Waals surface area contributed by atoms with Gasteiger partial charge in [0, 0.05) is 48.2 Å². The number of aromatic amines is 1. The van der Waals surface area contributed by atoms with Crippen molar-refractivity contribution < 1.29 is 35.1 Å². The van der Waals surface area contributed by atoms with Crippen LogP contribution < -0.4 is 21.3 Å². The Hall–Kier alpha value is -4.33. The second-order valence-electron chi connectivity index (χ2n) is 9.73. The Bertz CT molecular complexity index is 1390. The van der Waals surface area contributed by atoms with Gasteiger partial charge in [-0.1, -0.05) is 12.1 Å². The van der Waals surface area contributed by atoms with Crippen LogP contribution in [0.2, 0.25) is 0 Å². The number of aliphatic imine (C=N–C) groups is 1. The fourth-order valence-electron chi connectivity index (χ4n) is 4.45. The summed E-state index contributed by atoms with van der Waals surface area (Å²) < 4.78 is 0. The summed E-state index contributed by atoms with van der Waals surface area (Å²) in [7, 11) is 0. The topological polar surface area (TPSA) is 212 Å². The molecule has 0 saturated carbocycles. The normalized spacial score (nSPS) is 17.4. The quantitative estimate of drug-likeness (QED) is 0.163. The van der Waals surface area contributed by atoms with Gasteiger partial charge < -0.3 is 46.5 Å². The Kier molecular flexibility index (Phi) is 9.09. The number of phenolic OH excluding ortho intramolecular Hbond substituents is 1. The number of nitrogens with zero attached hydrogens (tertiary/aromatic N) is 1. The molecule has 1 aliphatic heterocycles. The Balaban J connectivity index is 1.29. The van der Waals surface area contributed by atoms with E-state index in [4.69, 9.17) is 0 Å². The summed E-state index contributed by atoms with van der Waals surface area (Å²) in [4.78, 5) is 31.5. The average Bonchev–Trinajstić information content (AvgIpc) is 3.27. The molecule has 13 nitrogen and oxygen atoms in total. The van der Waals surface area contributed by atoms with Crippen LogP contribution in [-0.2, 0) is 9.59 Å². The van der Waals surface area contributed by atoms with Crippen molar-refractivity contribution in [3.63, 3.8) is 0 Å². The van der Waals surface area contributed by atoms with Crippen molar-refractivity contribution in [2.75, 3.05) is 25.0 Å². The maximum Gasteiger partial charge on any atom is 0.322 e. The van der Waals surface area contributed by atoms with Gasteiger partial charge in [-0.25, -0.2) is 0 Å². The molecule has 1 amide bonds. The summed E-state index contributed by atoms with van der Waals surface area (Å²) in [5, 5.41) is 62.4. The van der Waals surface area contributed by atoms with Gasteiger partial charge in [0.15, 0.2) is 5.96 Å². The Labute approximate surface area is 230 Å². The van der Waals surface area contributed by atoms with Gasteiger partial charge in [0.2, 0.25) is 5.91 Å². The highest BCUT2D eigenvalue weighted by Crippen LogP contribution is 2.32. The first-order valence-electron chi connectivity index (χ1n) is 12.9. The molecule has 2 heterocycles. The van der Waals surface area contributed by atoms with Crippen molar-refractivity contribution in [2.24, 2.45) is 4.99 Å². The number of β-amino-alcohol motifs (C(OH)–C–C–N with tert-alkyl or cyclic N) is 1. The van der Waals surface area contributed by atoms with Crippen LogP contribution in [0.3, 0.4) is 0 Å². The molecular weight excluding hydrogens is 520 g/mol. The van der Waals surface area contributed by atoms with Crippen LogP contribution >= 0.6 is 0 Å². The smallest absolute Gasteiger partial charge is 0.322 e. The van der Waals surface area contributed by atoms with Gasteiger partial charge in [0.1, 0.15) is 17.5 Å². The number of carbonyl (C=O) groups excluding carboxylic acids is 1. The molecule has 0 fully saturated rings. The zero-order valence-electron chi connectivity index (χ0n) is 21.9. The molecule has 1 aliphatic rings. The van der Waals surface area contributed by atoms with E-state index in [1.54, 1.807) is 31.2 Å². The number of fused-ring (bicyclic) bond motifs is 1. The molecule has 10 N–H and O–H groups in total. The number of amides is 1. The summed E-state index contributed by atoms with van der Waals surface area (Å²) >= 11 is 0. The number of hydrogen-bond donors (Lipinski definition) is 10. The first-order chi connectivity index (χ1) is 19.1. The summed E-state index contributed by atoms with van der Waals surface area (Å²) in [5.74, 6) is -1.26. The lowest BCUT2D eigenvalue weighted by Gasteiger charge is -2.21. The van der Waals surface area contributed by atoms with Crippen LogP contribution in [0.1, 0.15) is 43.2 Å². The van der Waals surface area contributed by atoms with E-state index in [9.17, 15) is 35.1 Å². The molecule has 0 radical (unpaired) electrons. The van der Waals surface area contributed by atoms with Gasteiger partial charge in [-0.2, -0.15) is 0 Å². The first kappa shape index (κ1) is 28.7. The fraction of sp³-hybridized carbons (Fsp3) is 0.370. The summed E-state index contributed by atoms with van der Waals surface area (Å²) in [6.07, 6.45) is -1.70. The van der Waals surface area contributed by atoms with Crippen molar-refractivity contribution in [3.05, 3.63) is 53.7 Å². The van der Waals surface area contributed by atoms with E-state index in [-0.39, 0.29) is 37.4 Å². The number of H-pyrrole nitrogens is 1. The van der Waals surface area contributed by atoms with E-state index in [1.807, 2.05) is 6.07 Å². The monoisotopic (exact) mass is 554 g/mol. The number of anilines is 1. The minimum Gasteiger partial charge on any atom is -0.508 e. The van der Waals surface area contributed by atoms with Crippen molar-refractivity contribution in [1.29, 1.82) is 0 Å². The summed E-state index contributed by atoms with van der Waals surface area (Å²) in [5.41, 5.74) is 2.00. The van der Waals surface area contributed by atoms with E-state index >= 15 is 0 Å². The number of carbonyl (C=O) groups is 2. The number of aliphatic carboxylic acids is 1. The van der Waals surface area contributed by atoms with Gasteiger partial charge in [-0.15, -0.1) is 0 Å². The highest BCUT2D eigenvalue weighted by Gasteiger charge is 2.24. The summed E-state index contributed by atoms with van der Waals surface area (Å²) in [6.45, 7) is 2.07. The number of nitrogens with one attached hydrogen (secondary N) is 5. The number of phenols is 1. The molecule has 4 rings (SSSR count). The average molecular weight is 555 g/mol. The SMILES string of the molecule is CC(NC(CNC(=O)CCC(O)c1cc(O)cc(NC2=NCC(O)CN2)c1)C(=O)O)c1[nH]c2ccccc2c1O. The lowest BCUT2D eigenvalue weighted by Crippen LogP contribution is -2.47. The number of aromatic hydroxyl groups is 2. The fourth-order valence-corrected chi connectivity index (χ4v) is 4.45. The number of benzene rings is 2. The Morgan fingerprint density at radius 1 is 1.18 bits per heavy atom. The van der Waals surface area contributed by atoms with Gasteiger partial charge in [0.25, 0.3) is 0 Å². The number of aliphatic hydroxyl groups excluding tert-OH is 2. The minimum absolute atomic E-state index is 0.0323. The molecule has 40 heavy (non-hydrogen) atoms. The van der Waals surface area contributed by atoms with Crippen molar-refractivity contribution in [2.45, 2.75) is 44.1 Å². The molecular formula is C27H34N6O7. The lowest BCUT2D eigenvalue weighted by atomic mass is 10.0. The maximum atomic E-state index is 12.5. The number of rotatable bonds is 11. The minimum atomic E-state index is -1.17. The molecule has 0 bridgehead atoms. The zero-order chi connectivity index (χ0) is 28.8. The van der Waals surface area contributed by atoms with E-state index < -0.39 is 36.2 Å². The van der Waals surface area contributed by atoms with Gasteiger partial charge in [-0.3, -0.25) is 19.9 Å². The largest absolute Gasteiger partial charge is 0.508 e. The standard InChI is InChI=1S/C27H34N6O7/c1-14(24-25(38)19-4-2-3-5-20(19)33-24)31-21(26(39)40)13-28-23(37)7-6-22(36)15-8-16(10-17(34)9-15)32-27-29-11-18(35)12-30-27/h2-5,8-10,14,18,21-22,31,33-36,38H,6-7,11-13H2,1H3,(H,28,37)(H,39,40)(H2,29,30,32). The molecule has 1 aromatic heterocycles. The molecule has 2 aromatic carbocycles. The third-order valence-corrected chi connectivity index (χ3v) is 6.59. The highest BCUT2D eigenvalue weighted by atomic mass is 16.4. The molecule has 4 atom stereocenters. The molecule has 214 valence electrons. The number of guanidine groups is 1. The third kappa shape index (κ3) is 7.20. The van der Waals surface area contributed by atoms with Crippen LogP contribution in [0.15, 0.2) is 47.5 Å². The number of carboxylic acid groups (broad SMARTS) is 1. The number of aliphatic hydroxyl groups is 2. The Morgan fingerprint density at radius 3 is 2.65 bits per heavy atom. The predicted octanol–water partition coefficient (Wildman–Crippen LogP) is 1.04. The third-order valence-electron chi connectivity index (χ3n) is 6.59. The van der Waals surface area contributed by atoms with Gasteiger partial charge in [0.05, 0.1) is 24.4 Å². The van der Waals surface area contributed by atoms with E-state index in [0.29, 0.717) is 34.8 Å². The number of aromatic nitrogens is 1. The first-order valence-corrected chi connectivity index (χ1v) is 12.9. The molecule has 0 spiro atoms. The van der Waals surface area contributed by atoms with Gasteiger partial charge >= 0.3 is 5.97 Å². The van der Waals surface area contributed by atoms with Gasteiger partial charge in [-0.05, 0) is 43.2 Å². The molecule has 0 saturated heterocycles. The summed E-state index contributed by atoms with van der Waals surface area (Å²) in [6, 6.07) is 9.93. The number of para-hydroxylation sites is 1. The van der Waals surface area contributed by atoms with E-state index in [1.165, 1.54) is 12.1 Å². The van der Waals surface area contributed by atoms with Crippen LogP contribution in [0, 0.1) is 0 Å². The maximum absolute atomic E-state index is 12.5. The van der Waals surface area contributed by atoms with E-state index in [0.717, 1.165) is 5.52 Å². The predicted molar refractivity (Wildman–Crippen MR) is 148 cm³/mol.